The van der Waals surface area contributed by atoms with Crippen LogP contribution in [-0.2, 0) is 6.54 Å². The third kappa shape index (κ3) is 2.97. The van der Waals surface area contributed by atoms with Gasteiger partial charge in [0.05, 0.1) is 0 Å². The zero-order valence-corrected chi connectivity index (χ0v) is 8.08. The van der Waals surface area contributed by atoms with Crippen molar-refractivity contribution in [3.05, 3.63) is 29.8 Å². The summed E-state index contributed by atoms with van der Waals surface area (Å²) in [7, 11) is 0. The minimum atomic E-state index is -0.226. The normalized spacial score (nSPS) is 9.50. The van der Waals surface area contributed by atoms with Gasteiger partial charge < -0.3 is 15.7 Å². The van der Waals surface area contributed by atoms with Crippen molar-refractivity contribution in [1.82, 2.24) is 10.6 Å². The van der Waals surface area contributed by atoms with E-state index in [9.17, 15) is 9.90 Å². The molecule has 0 aromatic heterocycles. The molecule has 0 fully saturated rings. The molecule has 0 bridgehead atoms. The minimum absolute atomic E-state index is 0.198. The van der Waals surface area contributed by atoms with Crippen LogP contribution in [0.2, 0.25) is 0 Å². The lowest BCUT2D eigenvalue weighted by Crippen LogP contribution is -2.34. The molecular formula is C10H14N2O2. The van der Waals surface area contributed by atoms with Crippen molar-refractivity contribution in [2.24, 2.45) is 0 Å². The van der Waals surface area contributed by atoms with Crippen LogP contribution in [0.4, 0.5) is 4.79 Å². The molecule has 2 amide bonds. The van der Waals surface area contributed by atoms with Gasteiger partial charge in [0.2, 0.25) is 0 Å². The zero-order chi connectivity index (χ0) is 10.4. The van der Waals surface area contributed by atoms with Crippen LogP contribution in [0.15, 0.2) is 24.3 Å². The first-order valence-corrected chi connectivity index (χ1v) is 4.52. The molecule has 3 N–H and O–H groups in total. The maximum absolute atomic E-state index is 11.0. The molecule has 1 rings (SSSR count). The lowest BCUT2D eigenvalue weighted by Gasteiger charge is -2.06. The summed E-state index contributed by atoms with van der Waals surface area (Å²) in [5, 5.41) is 14.6. The van der Waals surface area contributed by atoms with Gasteiger partial charge >= 0.3 is 6.03 Å². The van der Waals surface area contributed by atoms with Crippen LogP contribution in [0.5, 0.6) is 5.75 Å². The van der Waals surface area contributed by atoms with Gasteiger partial charge in [-0.15, -0.1) is 0 Å². The molecule has 0 atom stereocenters. The summed E-state index contributed by atoms with van der Waals surface area (Å²) in [5.41, 5.74) is 0.707. The third-order valence-corrected chi connectivity index (χ3v) is 1.77. The van der Waals surface area contributed by atoms with Crippen LogP contribution in [0.25, 0.3) is 0 Å². The van der Waals surface area contributed by atoms with Gasteiger partial charge in [0.15, 0.2) is 0 Å². The number of rotatable bonds is 3. The standard InChI is InChI=1S/C10H14N2O2/c1-2-11-10(14)12-7-8-5-3-4-6-9(8)13/h3-6,13H,2,7H2,1H3,(H2,11,12,14). The largest absolute Gasteiger partial charge is 0.508 e. The molecule has 0 aliphatic carbocycles. The highest BCUT2D eigenvalue weighted by molar-refractivity contribution is 5.73. The maximum Gasteiger partial charge on any atom is 0.315 e. The van der Waals surface area contributed by atoms with E-state index < -0.39 is 0 Å². The van der Waals surface area contributed by atoms with Crippen LogP contribution in [0.1, 0.15) is 12.5 Å². The van der Waals surface area contributed by atoms with Gasteiger partial charge in [0.1, 0.15) is 5.75 Å². The van der Waals surface area contributed by atoms with Crippen molar-refractivity contribution in [3.8, 4) is 5.75 Å². The lowest BCUT2D eigenvalue weighted by atomic mass is 10.2. The number of phenolic OH excluding ortho intramolecular Hbond substituents is 1. The molecule has 0 unspecified atom stereocenters. The molecule has 0 aliphatic heterocycles. The monoisotopic (exact) mass is 194 g/mol. The number of hydrogen-bond donors (Lipinski definition) is 3. The Labute approximate surface area is 82.9 Å². The molecule has 0 saturated carbocycles. The summed E-state index contributed by atoms with van der Waals surface area (Å²) < 4.78 is 0. The molecule has 0 radical (unpaired) electrons. The first-order chi connectivity index (χ1) is 6.74. The summed E-state index contributed by atoms with van der Waals surface area (Å²) in [4.78, 5) is 11.0. The number of aromatic hydroxyl groups is 1. The van der Waals surface area contributed by atoms with E-state index in [0.29, 0.717) is 18.7 Å². The van der Waals surface area contributed by atoms with Gasteiger partial charge in [-0.25, -0.2) is 4.79 Å². The number of carbonyl (C=O) groups is 1. The summed E-state index contributed by atoms with van der Waals surface area (Å²) in [6, 6.07) is 6.69. The molecule has 1 aromatic carbocycles. The number of carbonyl (C=O) groups excluding carboxylic acids is 1. The Bertz CT molecular complexity index is 313. The number of amides is 2. The van der Waals surface area contributed by atoms with E-state index >= 15 is 0 Å². The summed E-state index contributed by atoms with van der Waals surface area (Å²) in [6.07, 6.45) is 0. The van der Waals surface area contributed by atoms with Crippen LogP contribution >= 0.6 is 0 Å². The summed E-state index contributed by atoms with van der Waals surface area (Å²) in [5.74, 6) is 0.198. The Balaban J connectivity index is 2.46. The number of benzene rings is 1. The number of hydrogen-bond acceptors (Lipinski definition) is 2. The number of urea groups is 1. The molecule has 76 valence electrons. The summed E-state index contributed by atoms with van der Waals surface area (Å²) >= 11 is 0. The van der Waals surface area contributed by atoms with Crippen molar-refractivity contribution in [2.45, 2.75) is 13.5 Å². The van der Waals surface area contributed by atoms with Gasteiger partial charge in [-0.1, -0.05) is 18.2 Å². The topological polar surface area (TPSA) is 61.4 Å². The second-order valence-electron chi connectivity index (χ2n) is 2.84. The SMILES string of the molecule is CCNC(=O)NCc1ccccc1O. The smallest absolute Gasteiger partial charge is 0.315 e. The molecule has 0 heterocycles. The molecule has 4 nitrogen and oxygen atoms in total. The van der Waals surface area contributed by atoms with Gasteiger partial charge in [-0.2, -0.15) is 0 Å². The highest BCUT2D eigenvalue weighted by Crippen LogP contribution is 2.14. The van der Waals surface area contributed by atoms with Gasteiger partial charge in [0, 0.05) is 18.7 Å². The van der Waals surface area contributed by atoms with Crippen molar-refractivity contribution in [3.63, 3.8) is 0 Å². The molecule has 1 aromatic rings. The Hall–Kier alpha value is -1.71. The Morgan fingerprint density at radius 1 is 1.36 bits per heavy atom. The Morgan fingerprint density at radius 3 is 2.71 bits per heavy atom. The van der Waals surface area contributed by atoms with Crippen LogP contribution in [0, 0.1) is 0 Å². The van der Waals surface area contributed by atoms with E-state index in [1.165, 1.54) is 0 Å². The minimum Gasteiger partial charge on any atom is -0.508 e. The molecule has 0 saturated heterocycles. The van der Waals surface area contributed by atoms with Crippen molar-refractivity contribution in [2.75, 3.05) is 6.54 Å². The zero-order valence-electron chi connectivity index (χ0n) is 8.08. The van der Waals surface area contributed by atoms with Gasteiger partial charge in [0.25, 0.3) is 0 Å². The lowest BCUT2D eigenvalue weighted by molar-refractivity contribution is 0.241. The summed E-state index contributed by atoms with van der Waals surface area (Å²) in [6.45, 7) is 2.77. The predicted octanol–water partition coefficient (Wildman–Crippen LogP) is 1.21. The maximum atomic E-state index is 11.0. The van der Waals surface area contributed by atoms with E-state index in [4.69, 9.17) is 0 Å². The van der Waals surface area contributed by atoms with E-state index in [1.807, 2.05) is 13.0 Å². The van der Waals surface area contributed by atoms with Crippen molar-refractivity contribution >= 4 is 6.03 Å². The number of nitrogens with one attached hydrogen (secondary N) is 2. The van der Waals surface area contributed by atoms with Gasteiger partial charge in [-0.3, -0.25) is 0 Å². The highest BCUT2D eigenvalue weighted by atomic mass is 16.3. The van der Waals surface area contributed by atoms with E-state index in [1.54, 1.807) is 18.2 Å². The molecule has 4 heteroatoms. The van der Waals surface area contributed by atoms with Gasteiger partial charge in [-0.05, 0) is 13.0 Å². The molecule has 0 spiro atoms. The second kappa shape index (κ2) is 5.11. The quantitative estimate of drug-likeness (QED) is 0.677. The van der Waals surface area contributed by atoms with Crippen molar-refractivity contribution < 1.29 is 9.90 Å². The van der Waals surface area contributed by atoms with Crippen molar-refractivity contribution in [1.29, 1.82) is 0 Å². The fourth-order valence-corrected chi connectivity index (χ4v) is 1.06. The molecule has 0 aliphatic rings. The second-order valence-corrected chi connectivity index (χ2v) is 2.84. The fourth-order valence-electron chi connectivity index (χ4n) is 1.06. The van der Waals surface area contributed by atoms with E-state index in [0.717, 1.165) is 0 Å². The fraction of sp³-hybridized carbons (Fsp3) is 0.300. The van der Waals surface area contributed by atoms with Crippen LogP contribution in [-0.4, -0.2) is 17.7 Å². The predicted molar refractivity (Wildman–Crippen MR) is 54.0 cm³/mol. The Kier molecular flexibility index (Phi) is 3.79. The Morgan fingerprint density at radius 2 is 2.07 bits per heavy atom. The highest BCUT2D eigenvalue weighted by Gasteiger charge is 2.01. The van der Waals surface area contributed by atoms with Crippen LogP contribution < -0.4 is 10.6 Å². The molecular weight excluding hydrogens is 180 g/mol. The average molecular weight is 194 g/mol. The van der Waals surface area contributed by atoms with E-state index in [2.05, 4.69) is 10.6 Å². The first kappa shape index (κ1) is 10.4. The number of para-hydroxylation sites is 1. The molecule has 14 heavy (non-hydrogen) atoms. The van der Waals surface area contributed by atoms with Crippen LogP contribution in [0.3, 0.4) is 0 Å². The average Bonchev–Trinajstić information content (AvgIpc) is 2.17. The van der Waals surface area contributed by atoms with E-state index in [-0.39, 0.29) is 11.8 Å². The number of phenols is 1. The third-order valence-electron chi connectivity index (χ3n) is 1.77. The first-order valence-electron chi connectivity index (χ1n) is 4.52.